The third kappa shape index (κ3) is 3.82. The van der Waals surface area contributed by atoms with Crippen molar-refractivity contribution < 1.29 is 28.2 Å². The Hall–Kier alpha value is -1.60. The van der Waals surface area contributed by atoms with Gasteiger partial charge in [-0.15, -0.1) is 0 Å². The van der Waals surface area contributed by atoms with Gasteiger partial charge in [0.15, 0.2) is 0 Å². The normalized spacial score (nSPS) is 19.3. The monoisotopic (exact) mass is 390 g/mol. The summed E-state index contributed by atoms with van der Waals surface area (Å²) in [6.45, 7) is 7.29. The van der Waals surface area contributed by atoms with Gasteiger partial charge in [0.25, 0.3) is 11.7 Å². The molecule has 0 amide bonds. The number of halogens is 3. The fourth-order valence-corrected chi connectivity index (χ4v) is 3.86. The molecule has 0 spiro atoms. The number of aliphatic hydroxyl groups excluding tert-OH is 1. The maximum Gasteiger partial charge on any atom is 0.345 e. The lowest BCUT2D eigenvalue weighted by Gasteiger charge is -2.39. The number of alkyl halides is 2. The molecule has 25 heavy (non-hydrogen) atoms. The lowest BCUT2D eigenvalue weighted by Crippen LogP contribution is -2.52. The molecule has 0 bridgehead atoms. The number of hydrogen-bond donors (Lipinski definition) is 1. The highest BCUT2D eigenvalue weighted by Gasteiger charge is 2.57. The molecular weight excluding hydrogens is 370 g/mol. The van der Waals surface area contributed by atoms with Crippen LogP contribution in [0.25, 0.3) is 0 Å². The Kier molecular flexibility index (Phi) is 4.96. The van der Waals surface area contributed by atoms with E-state index in [0.717, 1.165) is 0 Å². The molecule has 8 heteroatoms. The fraction of sp³-hybridized carbons (Fsp3) is 0.471. The van der Waals surface area contributed by atoms with Crippen molar-refractivity contribution in [3.8, 4) is 0 Å². The van der Waals surface area contributed by atoms with Crippen LogP contribution in [0, 0.1) is 0 Å². The number of aliphatic hydroxyl groups is 1. The summed E-state index contributed by atoms with van der Waals surface area (Å²) in [7, 11) is -3.10. The second-order valence-electron chi connectivity index (χ2n) is 7.47. The molecular formula is C17H21ClF2O4Si. The summed E-state index contributed by atoms with van der Waals surface area (Å²) in [6, 6.07) is 5.74. The Morgan fingerprint density at radius 2 is 1.68 bits per heavy atom. The molecule has 0 radical (unpaired) electrons. The van der Waals surface area contributed by atoms with Gasteiger partial charge in [0, 0.05) is 18.9 Å². The molecule has 138 valence electrons. The number of ether oxygens (including phenoxy) is 2. The number of rotatable bonds is 4. The van der Waals surface area contributed by atoms with Crippen LogP contribution in [-0.4, -0.2) is 30.5 Å². The van der Waals surface area contributed by atoms with Gasteiger partial charge in [0.2, 0.25) is 5.55 Å². The second-order valence-corrected chi connectivity index (χ2v) is 13.1. The molecule has 0 saturated carbocycles. The van der Waals surface area contributed by atoms with Crippen molar-refractivity contribution in [3.63, 3.8) is 0 Å². The smallest absolute Gasteiger partial charge is 0.345 e. The maximum atomic E-state index is 15.3. The summed E-state index contributed by atoms with van der Waals surface area (Å²) in [5.74, 6) is -4.98. The highest BCUT2D eigenvalue weighted by molar-refractivity contribution is 6.78. The summed E-state index contributed by atoms with van der Waals surface area (Å²) in [5.41, 5.74) is -3.68. The Bertz CT molecular complexity index is 708. The van der Waals surface area contributed by atoms with Crippen molar-refractivity contribution in [1.82, 2.24) is 0 Å². The van der Waals surface area contributed by atoms with Gasteiger partial charge < -0.3 is 14.6 Å². The average molecular weight is 391 g/mol. The molecule has 1 N–H and O–H groups in total. The van der Waals surface area contributed by atoms with E-state index in [1.54, 1.807) is 0 Å². The zero-order valence-electron chi connectivity index (χ0n) is 14.7. The lowest BCUT2D eigenvalue weighted by molar-refractivity contribution is -0.223. The summed E-state index contributed by atoms with van der Waals surface area (Å²) in [4.78, 5) is 12.4. The quantitative estimate of drug-likeness (QED) is 0.579. The third-order valence-corrected chi connectivity index (χ3v) is 6.53. The third-order valence-electron chi connectivity index (χ3n) is 3.99. The predicted octanol–water partition coefficient (Wildman–Crippen LogP) is 5.02. The first kappa shape index (κ1) is 19.7. The van der Waals surface area contributed by atoms with Crippen LogP contribution in [0.2, 0.25) is 24.7 Å². The van der Waals surface area contributed by atoms with Crippen LogP contribution < -0.4 is 0 Å². The van der Waals surface area contributed by atoms with Gasteiger partial charge >= 0.3 is 5.97 Å². The number of cyclic esters (lactones) is 1. The molecule has 1 atom stereocenters. The Morgan fingerprint density at radius 1 is 1.16 bits per heavy atom. The van der Waals surface area contributed by atoms with Gasteiger partial charge in [-0.1, -0.05) is 43.4 Å². The van der Waals surface area contributed by atoms with E-state index in [9.17, 15) is 9.90 Å². The minimum atomic E-state index is -3.26. The van der Waals surface area contributed by atoms with E-state index in [0.29, 0.717) is 5.02 Å². The van der Waals surface area contributed by atoms with Crippen LogP contribution in [0.15, 0.2) is 35.8 Å². The van der Waals surface area contributed by atoms with Crippen molar-refractivity contribution in [2.75, 3.05) is 0 Å². The SMILES string of the molecule is CC1(C)OC(=O)C(C(c2ccc(Cl)cc2)C(F)(F)[Si](C)(C)C)=C(O)O1. The van der Waals surface area contributed by atoms with Gasteiger partial charge in [-0.2, -0.15) is 0 Å². The molecule has 4 nitrogen and oxygen atoms in total. The Morgan fingerprint density at radius 3 is 2.12 bits per heavy atom. The van der Waals surface area contributed by atoms with Gasteiger partial charge in [-0.25, -0.2) is 13.6 Å². The first-order valence-electron chi connectivity index (χ1n) is 7.75. The maximum absolute atomic E-state index is 15.3. The number of esters is 1. The first-order valence-corrected chi connectivity index (χ1v) is 11.6. The average Bonchev–Trinajstić information content (AvgIpc) is 2.41. The molecule has 1 unspecified atom stereocenters. The van der Waals surface area contributed by atoms with E-state index >= 15 is 8.78 Å². The van der Waals surface area contributed by atoms with Gasteiger partial charge in [0.05, 0.1) is 5.92 Å². The van der Waals surface area contributed by atoms with E-state index in [1.807, 2.05) is 0 Å². The Labute approximate surface area is 151 Å². The van der Waals surface area contributed by atoms with Crippen molar-refractivity contribution in [3.05, 3.63) is 46.4 Å². The number of hydrogen-bond acceptors (Lipinski definition) is 4. The highest BCUT2D eigenvalue weighted by atomic mass is 35.5. The molecule has 1 aliphatic heterocycles. The zero-order valence-corrected chi connectivity index (χ0v) is 16.4. The van der Waals surface area contributed by atoms with Crippen molar-refractivity contribution in [2.24, 2.45) is 0 Å². The van der Waals surface area contributed by atoms with Crippen LogP contribution >= 0.6 is 11.6 Å². The Balaban J connectivity index is 2.68. The minimum absolute atomic E-state index is 0.152. The van der Waals surface area contributed by atoms with Crippen LogP contribution in [0.3, 0.4) is 0 Å². The molecule has 1 aromatic rings. The van der Waals surface area contributed by atoms with Crippen LogP contribution in [0.1, 0.15) is 25.3 Å². The zero-order chi connectivity index (χ0) is 19.2. The van der Waals surface area contributed by atoms with Crippen molar-refractivity contribution in [2.45, 2.75) is 50.7 Å². The summed E-state index contributed by atoms with van der Waals surface area (Å²) >= 11 is 5.84. The van der Waals surface area contributed by atoms with Crippen LogP contribution in [0.5, 0.6) is 0 Å². The highest BCUT2D eigenvalue weighted by Crippen LogP contribution is 2.47. The molecule has 0 saturated heterocycles. The second kappa shape index (κ2) is 6.28. The predicted molar refractivity (Wildman–Crippen MR) is 93.4 cm³/mol. The van der Waals surface area contributed by atoms with E-state index in [1.165, 1.54) is 57.8 Å². The number of carbonyl (C=O) groups is 1. The summed E-state index contributed by atoms with van der Waals surface area (Å²) < 4.78 is 40.9. The fourth-order valence-electron chi connectivity index (χ4n) is 2.56. The van der Waals surface area contributed by atoms with Crippen LogP contribution in [-0.2, 0) is 14.3 Å². The van der Waals surface area contributed by atoms with E-state index in [4.69, 9.17) is 21.1 Å². The molecule has 0 aliphatic carbocycles. The summed E-state index contributed by atoms with van der Waals surface area (Å²) in [5, 5.41) is 10.6. The largest absolute Gasteiger partial charge is 0.480 e. The van der Waals surface area contributed by atoms with E-state index in [2.05, 4.69) is 0 Å². The number of benzene rings is 1. The first-order chi connectivity index (χ1) is 11.3. The summed E-state index contributed by atoms with van der Waals surface area (Å²) in [6.07, 6.45) is 0. The van der Waals surface area contributed by atoms with Crippen molar-refractivity contribution >= 4 is 25.6 Å². The molecule has 0 aromatic heterocycles. The van der Waals surface area contributed by atoms with Gasteiger partial charge in [0.1, 0.15) is 13.6 Å². The topological polar surface area (TPSA) is 55.8 Å². The van der Waals surface area contributed by atoms with E-state index < -0.39 is 42.8 Å². The standard InChI is InChI=1S/C17H21ClF2O4Si/c1-16(2)23-14(21)12(15(22)24-16)13(17(19,20)25(3,4)5)10-6-8-11(18)9-7-10/h6-9,13,21H,1-5H3. The molecule has 2 rings (SSSR count). The van der Waals surface area contributed by atoms with Gasteiger partial charge in [-0.3, -0.25) is 0 Å². The lowest BCUT2D eigenvalue weighted by atomic mass is 9.90. The number of carbonyl (C=O) groups excluding carboxylic acids is 1. The molecule has 0 fully saturated rings. The molecule has 1 aromatic carbocycles. The minimum Gasteiger partial charge on any atom is -0.480 e. The van der Waals surface area contributed by atoms with E-state index in [-0.39, 0.29) is 5.56 Å². The van der Waals surface area contributed by atoms with Crippen molar-refractivity contribution in [1.29, 1.82) is 0 Å². The van der Waals surface area contributed by atoms with Gasteiger partial charge in [-0.05, 0) is 17.7 Å². The molecule has 1 aliphatic rings. The molecule has 1 heterocycles. The van der Waals surface area contributed by atoms with Crippen LogP contribution in [0.4, 0.5) is 8.78 Å².